The van der Waals surface area contributed by atoms with Gasteiger partial charge in [-0.15, -0.1) is 0 Å². The minimum Gasteiger partial charge on any atom is -0.481 e. The largest absolute Gasteiger partial charge is 0.481 e. The normalized spacial score (nSPS) is 13.0. The number of Topliss-reactive ketones (excluding diaryl/α,β-unsaturated/α-hetero) is 1. The molecule has 0 aliphatic heterocycles. The predicted octanol–water partition coefficient (Wildman–Crippen LogP) is 6.48. The molecule has 0 aromatic rings. The minimum absolute atomic E-state index is 0.0316. The molecule has 0 aromatic carbocycles. The molecular weight excluding hydrogens is 358 g/mol. The van der Waals surface area contributed by atoms with Crippen molar-refractivity contribution in [3.63, 3.8) is 0 Å². The van der Waals surface area contributed by atoms with Gasteiger partial charge < -0.3 is 5.11 Å². The molecule has 0 amide bonds. The minimum atomic E-state index is -0.864. The van der Waals surface area contributed by atoms with E-state index >= 15 is 0 Å². The van der Waals surface area contributed by atoms with E-state index in [1.165, 1.54) is 51.4 Å². The molecule has 0 bridgehead atoms. The fourth-order valence-corrected chi connectivity index (χ4v) is 3.40. The number of isothiocyanates is 1. The van der Waals surface area contributed by atoms with Crippen molar-refractivity contribution < 1.29 is 14.7 Å². The summed E-state index contributed by atoms with van der Waals surface area (Å²) in [6.07, 6.45) is 14.5. The predicted molar refractivity (Wildman–Crippen MR) is 116 cm³/mol. The Hall–Kier alpha value is -1.06. The zero-order chi connectivity index (χ0) is 20.3. The maximum Gasteiger partial charge on any atom is 0.306 e. The summed E-state index contributed by atoms with van der Waals surface area (Å²) < 4.78 is 0. The fraction of sp³-hybridized carbons (Fsp3) is 0.864. The quantitative estimate of drug-likeness (QED) is 0.154. The van der Waals surface area contributed by atoms with Crippen LogP contribution in [-0.2, 0) is 9.59 Å². The molecule has 0 aromatic heterocycles. The lowest BCUT2D eigenvalue weighted by molar-refractivity contribution is -0.144. The van der Waals surface area contributed by atoms with E-state index in [1.807, 2.05) is 6.92 Å². The fourth-order valence-electron chi connectivity index (χ4n) is 3.31. The van der Waals surface area contributed by atoms with Crippen LogP contribution in [0.5, 0.6) is 0 Å². The van der Waals surface area contributed by atoms with Crippen molar-refractivity contribution in [1.82, 2.24) is 0 Å². The van der Waals surface area contributed by atoms with E-state index in [0.29, 0.717) is 13.0 Å². The van der Waals surface area contributed by atoms with Gasteiger partial charge in [0.1, 0.15) is 5.78 Å². The first kappa shape index (κ1) is 25.9. The number of nitrogens with zero attached hydrogens (tertiary/aromatic N) is 1. The number of ketones is 1. The SMILES string of the molecule is CCCCCCCCCCCC(C)C(=O)CC(CCCCN=C=S)C(=O)O. The smallest absolute Gasteiger partial charge is 0.306 e. The van der Waals surface area contributed by atoms with Crippen LogP contribution in [0.2, 0.25) is 0 Å². The summed E-state index contributed by atoms with van der Waals surface area (Å²) in [5.41, 5.74) is 0. The summed E-state index contributed by atoms with van der Waals surface area (Å²) in [5, 5.41) is 11.7. The van der Waals surface area contributed by atoms with Crippen molar-refractivity contribution in [1.29, 1.82) is 0 Å². The van der Waals surface area contributed by atoms with Crippen LogP contribution >= 0.6 is 12.2 Å². The van der Waals surface area contributed by atoms with E-state index in [1.54, 1.807) is 0 Å². The molecule has 0 heterocycles. The van der Waals surface area contributed by atoms with E-state index in [-0.39, 0.29) is 18.1 Å². The number of hydrogen-bond acceptors (Lipinski definition) is 4. The highest BCUT2D eigenvalue weighted by Gasteiger charge is 2.23. The first-order valence-electron chi connectivity index (χ1n) is 10.8. The second-order valence-corrected chi connectivity index (χ2v) is 7.88. The van der Waals surface area contributed by atoms with Gasteiger partial charge >= 0.3 is 5.97 Å². The summed E-state index contributed by atoms with van der Waals surface area (Å²) >= 11 is 4.50. The third kappa shape index (κ3) is 15.7. The maximum atomic E-state index is 12.4. The number of carbonyl (C=O) groups is 2. The summed E-state index contributed by atoms with van der Waals surface area (Å²) in [6, 6.07) is 0. The van der Waals surface area contributed by atoms with Gasteiger partial charge in [-0.25, -0.2) is 4.99 Å². The molecule has 0 radical (unpaired) electrons. The Morgan fingerprint density at radius 3 is 2.04 bits per heavy atom. The lowest BCUT2D eigenvalue weighted by Crippen LogP contribution is -2.21. The Bertz CT molecular complexity index is 447. The second kappa shape index (κ2) is 18.3. The first-order valence-corrected chi connectivity index (χ1v) is 11.2. The molecule has 0 saturated carbocycles. The summed E-state index contributed by atoms with van der Waals surface area (Å²) in [4.78, 5) is 27.6. The number of aliphatic imine (C=N–C) groups is 1. The summed E-state index contributed by atoms with van der Waals surface area (Å²) in [7, 11) is 0. The lowest BCUT2D eigenvalue weighted by atomic mass is 9.89. The molecule has 0 spiro atoms. The van der Waals surface area contributed by atoms with Gasteiger partial charge in [0, 0.05) is 18.9 Å². The van der Waals surface area contributed by atoms with Crippen LogP contribution in [0.1, 0.15) is 104 Å². The van der Waals surface area contributed by atoms with Crippen LogP contribution in [0.15, 0.2) is 4.99 Å². The number of unbranched alkanes of at least 4 members (excludes halogenated alkanes) is 9. The topological polar surface area (TPSA) is 66.7 Å². The van der Waals surface area contributed by atoms with Crippen LogP contribution in [0.3, 0.4) is 0 Å². The van der Waals surface area contributed by atoms with E-state index < -0.39 is 11.9 Å². The van der Waals surface area contributed by atoms with Gasteiger partial charge in [0.2, 0.25) is 0 Å². The molecule has 27 heavy (non-hydrogen) atoms. The highest BCUT2D eigenvalue weighted by Crippen LogP contribution is 2.20. The van der Waals surface area contributed by atoms with Gasteiger partial charge in [0.05, 0.1) is 11.1 Å². The molecule has 2 unspecified atom stereocenters. The average molecular weight is 398 g/mol. The average Bonchev–Trinajstić information content (AvgIpc) is 2.65. The third-order valence-corrected chi connectivity index (χ3v) is 5.35. The summed E-state index contributed by atoms with van der Waals surface area (Å²) in [5.74, 6) is -1.37. The van der Waals surface area contributed by atoms with Crippen molar-refractivity contribution in [3.05, 3.63) is 0 Å². The van der Waals surface area contributed by atoms with E-state index in [4.69, 9.17) is 0 Å². The number of carboxylic acids is 1. The van der Waals surface area contributed by atoms with Gasteiger partial charge in [0.15, 0.2) is 0 Å². The molecule has 0 rings (SSSR count). The highest BCUT2D eigenvalue weighted by atomic mass is 32.1. The molecule has 0 aliphatic rings. The molecule has 2 atom stereocenters. The van der Waals surface area contributed by atoms with E-state index in [2.05, 4.69) is 29.3 Å². The van der Waals surface area contributed by atoms with Crippen LogP contribution < -0.4 is 0 Å². The van der Waals surface area contributed by atoms with Gasteiger partial charge in [-0.1, -0.05) is 78.1 Å². The van der Waals surface area contributed by atoms with Crippen molar-refractivity contribution in [2.45, 2.75) is 104 Å². The van der Waals surface area contributed by atoms with E-state index in [9.17, 15) is 14.7 Å². The van der Waals surface area contributed by atoms with Crippen molar-refractivity contribution in [3.8, 4) is 0 Å². The number of carbonyl (C=O) groups excluding carboxylic acids is 1. The van der Waals surface area contributed by atoms with Crippen molar-refractivity contribution in [2.24, 2.45) is 16.8 Å². The second-order valence-electron chi connectivity index (χ2n) is 7.69. The van der Waals surface area contributed by atoms with Crippen LogP contribution in [-0.4, -0.2) is 28.6 Å². The molecule has 0 fully saturated rings. The monoisotopic (exact) mass is 397 g/mol. The molecule has 1 N–H and O–H groups in total. The lowest BCUT2D eigenvalue weighted by Gasteiger charge is -2.15. The Kier molecular flexibility index (Phi) is 17.6. The molecule has 156 valence electrons. The number of thiocarbonyl (C=S) groups is 1. The zero-order valence-electron chi connectivity index (χ0n) is 17.4. The van der Waals surface area contributed by atoms with Crippen LogP contribution in [0, 0.1) is 11.8 Å². The van der Waals surface area contributed by atoms with Gasteiger partial charge in [-0.3, -0.25) is 9.59 Å². The molecule has 4 nitrogen and oxygen atoms in total. The Morgan fingerprint density at radius 2 is 1.48 bits per heavy atom. The van der Waals surface area contributed by atoms with E-state index in [0.717, 1.165) is 25.7 Å². The molecular formula is C22H39NO3S. The van der Waals surface area contributed by atoms with Crippen LogP contribution in [0.25, 0.3) is 0 Å². The molecule has 0 aliphatic carbocycles. The number of hydrogen-bond donors (Lipinski definition) is 1. The number of aliphatic carboxylic acids is 1. The maximum absolute atomic E-state index is 12.4. The summed E-state index contributed by atoms with van der Waals surface area (Å²) in [6.45, 7) is 4.76. The molecule has 0 saturated heterocycles. The Morgan fingerprint density at radius 1 is 0.926 bits per heavy atom. The van der Waals surface area contributed by atoms with Gasteiger partial charge in [-0.2, -0.15) is 0 Å². The van der Waals surface area contributed by atoms with Crippen molar-refractivity contribution >= 4 is 29.1 Å². The van der Waals surface area contributed by atoms with Crippen LogP contribution in [0.4, 0.5) is 0 Å². The number of carboxylic acid groups (broad SMARTS) is 1. The van der Waals surface area contributed by atoms with Crippen molar-refractivity contribution in [2.75, 3.05) is 6.54 Å². The Labute approximate surface area is 171 Å². The molecule has 5 heteroatoms. The highest BCUT2D eigenvalue weighted by molar-refractivity contribution is 7.78. The number of rotatable bonds is 19. The third-order valence-electron chi connectivity index (χ3n) is 5.22. The first-order chi connectivity index (χ1) is 13.0. The van der Waals surface area contributed by atoms with Gasteiger partial charge in [-0.05, 0) is 31.5 Å². The standard InChI is InChI=1S/C22H39NO3S/c1-3-4-5-6-7-8-9-10-11-14-19(2)21(24)17-20(22(25)26)15-12-13-16-23-18-27/h19-20H,3-17H2,1-2H3,(H,25,26). The van der Waals surface area contributed by atoms with Gasteiger partial charge in [0.25, 0.3) is 0 Å². The Balaban J connectivity index is 3.88. The zero-order valence-corrected chi connectivity index (χ0v) is 18.2.